The molecule has 1 atom stereocenters. The minimum absolute atomic E-state index is 0. The van der Waals surface area contributed by atoms with Crippen molar-refractivity contribution in [2.24, 2.45) is 5.92 Å². The first-order chi connectivity index (χ1) is 12.8. The molecule has 6 heteroatoms. The van der Waals surface area contributed by atoms with Crippen LogP contribution >= 0.6 is 12.4 Å². The largest absolute Gasteiger partial charge is 0.352 e. The monoisotopic (exact) mass is 404 g/mol. The van der Waals surface area contributed by atoms with Gasteiger partial charge in [0.15, 0.2) is 0 Å². The molecule has 1 aliphatic rings. The van der Waals surface area contributed by atoms with E-state index in [1.54, 1.807) is 0 Å². The molecule has 154 valence electrons. The summed E-state index contributed by atoms with van der Waals surface area (Å²) in [5, 5.41) is 11.3. The molecule has 1 aliphatic heterocycles. The zero-order valence-corrected chi connectivity index (χ0v) is 18.2. The van der Waals surface area contributed by atoms with E-state index in [1.165, 1.54) is 18.4 Å². The molecular formula is C22H33ClN4O. The summed E-state index contributed by atoms with van der Waals surface area (Å²) in [4.78, 5) is 12.9. The van der Waals surface area contributed by atoms with Crippen LogP contribution in [0.15, 0.2) is 30.5 Å². The van der Waals surface area contributed by atoms with Gasteiger partial charge in [-0.2, -0.15) is 5.10 Å². The SMILES string of the molecule is Cc1ccc(-n2cc(C(=O)NCCC3CCCNC3)c(C(C)(C)C)n2)cc1.Cl. The van der Waals surface area contributed by atoms with E-state index in [2.05, 4.69) is 50.5 Å². The van der Waals surface area contributed by atoms with Crippen LogP contribution in [0.3, 0.4) is 0 Å². The highest BCUT2D eigenvalue weighted by atomic mass is 35.5. The number of piperidine rings is 1. The molecule has 2 heterocycles. The number of nitrogens with zero attached hydrogens (tertiary/aromatic N) is 2. The Kier molecular flexibility index (Phi) is 7.67. The summed E-state index contributed by atoms with van der Waals surface area (Å²) in [5.74, 6) is 0.637. The zero-order chi connectivity index (χ0) is 19.4. The van der Waals surface area contributed by atoms with Crippen molar-refractivity contribution < 1.29 is 4.79 Å². The number of nitrogens with one attached hydrogen (secondary N) is 2. The third-order valence-electron chi connectivity index (χ3n) is 5.20. The molecule has 0 bridgehead atoms. The van der Waals surface area contributed by atoms with Crippen molar-refractivity contribution >= 4 is 18.3 Å². The first-order valence-corrected chi connectivity index (χ1v) is 10.0. The van der Waals surface area contributed by atoms with E-state index < -0.39 is 0 Å². The Balaban J connectivity index is 0.00000280. The van der Waals surface area contributed by atoms with E-state index in [4.69, 9.17) is 5.10 Å². The van der Waals surface area contributed by atoms with Gasteiger partial charge in [0.05, 0.1) is 16.9 Å². The molecule has 28 heavy (non-hydrogen) atoms. The second kappa shape index (κ2) is 9.57. The van der Waals surface area contributed by atoms with Crippen LogP contribution in [0, 0.1) is 12.8 Å². The van der Waals surface area contributed by atoms with Crippen molar-refractivity contribution in [3.05, 3.63) is 47.3 Å². The van der Waals surface area contributed by atoms with Gasteiger partial charge in [-0.05, 0) is 57.3 Å². The van der Waals surface area contributed by atoms with Crippen LogP contribution in [-0.2, 0) is 5.41 Å². The van der Waals surface area contributed by atoms with Crippen molar-refractivity contribution in [3.63, 3.8) is 0 Å². The Labute approximate surface area is 174 Å². The molecule has 0 saturated carbocycles. The van der Waals surface area contributed by atoms with Crippen LogP contribution in [0.5, 0.6) is 0 Å². The minimum Gasteiger partial charge on any atom is -0.352 e. The highest BCUT2D eigenvalue weighted by molar-refractivity contribution is 5.95. The Morgan fingerprint density at radius 2 is 2.00 bits per heavy atom. The zero-order valence-electron chi connectivity index (χ0n) is 17.4. The van der Waals surface area contributed by atoms with Crippen molar-refractivity contribution in [2.45, 2.75) is 52.4 Å². The first kappa shape index (κ1) is 22.4. The maximum atomic E-state index is 12.9. The smallest absolute Gasteiger partial charge is 0.254 e. The number of benzene rings is 1. The summed E-state index contributed by atoms with van der Waals surface area (Å²) in [6.45, 7) is 11.3. The Morgan fingerprint density at radius 3 is 2.61 bits per heavy atom. The van der Waals surface area contributed by atoms with Crippen molar-refractivity contribution in [1.82, 2.24) is 20.4 Å². The van der Waals surface area contributed by atoms with E-state index >= 15 is 0 Å². The van der Waals surface area contributed by atoms with Gasteiger partial charge in [-0.1, -0.05) is 38.5 Å². The number of hydrogen-bond donors (Lipinski definition) is 2. The molecule has 1 saturated heterocycles. The molecule has 0 spiro atoms. The maximum Gasteiger partial charge on any atom is 0.254 e. The summed E-state index contributed by atoms with van der Waals surface area (Å²) < 4.78 is 1.82. The lowest BCUT2D eigenvalue weighted by atomic mass is 9.89. The van der Waals surface area contributed by atoms with E-state index in [-0.39, 0.29) is 23.7 Å². The predicted octanol–water partition coefficient (Wildman–Crippen LogP) is 4.02. The van der Waals surface area contributed by atoms with Gasteiger partial charge in [-0.25, -0.2) is 4.68 Å². The molecule has 0 radical (unpaired) electrons. The number of amides is 1. The summed E-state index contributed by atoms with van der Waals surface area (Å²) in [6, 6.07) is 8.19. The van der Waals surface area contributed by atoms with Crippen LogP contribution in [0.1, 0.15) is 61.6 Å². The summed E-state index contributed by atoms with van der Waals surface area (Å²) in [5.41, 5.74) is 3.48. The van der Waals surface area contributed by atoms with Crippen LogP contribution in [0.4, 0.5) is 0 Å². The summed E-state index contributed by atoms with van der Waals surface area (Å²) in [6.07, 6.45) is 5.37. The van der Waals surface area contributed by atoms with E-state index in [9.17, 15) is 4.79 Å². The van der Waals surface area contributed by atoms with Crippen molar-refractivity contribution in [1.29, 1.82) is 0 Å². The lowest BCUT2D eigenvalue weighted by molar-refractivity contribution is 0.0948. The lowest BCUT2D eigenvalue weighted by Gasteiger charge is -2.22. The van der Waals surface area contributed by atoms with Crippen molar-refractivity contribution in [3.8, 4) is 5.69 Å². The third-order valence-corrected chi connectivity index (χ3v) is 5.20. The van der Waals surface area contributed by atoms with Crippen molar-refractivity contribution in [2.75, 3.05) is 19.6 Å². The van der Waals surface area contributed by atoms with Crippen LogP contribution < -0.4 is 10.6 Å². The second-order valence-corrected chi connectivity index (χ2v) is 8.68. The number of rotatable bonds is 5. The Hall–Kier alpha value is -1.85. The molecule has 0 aliphatic carbocycles. The fourth-order valence-electron chi connectivity index (χ4n) is 3.58. The van der Waals surface area contributed by atoms with Gasteiger partial charge in [0.25, 0.3) is 5.91 Å². The number of hydrogen-bond acceptors (Lipinski definition) is 3. The Bertz CT molecular complexity index is 771. The summed E-state index contributed by atoms with van der Waals surface area (Å²) in [7, 11) is 0. The number of aryl methyl sites for hydroxylation is 1. The molecule has 1 fully saturated rings. The van der Waals surface area contributed by atoms with Crippen LogP contribution in [0.25, 0.3) is 5.69 Å². The number of carbonyl (C=O) groups excluding carboxylic acids is 1. The Morgan fingerprint density at radius 1 is 1.29 bits per heavy atom. The molecule has 1 unspecified atom stereocenters. The molecular weight excluding hydrogens is 372 g/mol. The second-order valence-electron chi connectivity index (χ2n) is 8.68. The maximum absolute atomic E-state index is 12.9. The van der Waals surface area contributed by atoms with Crippen LogP contribution in [-0.4, -0.2) is 35.3 Å². The standard InChI is InChI=1S/C22H32N4O.ClH/c1-16-7-9-18(10-8-16)26-15-19(20(25-26)22(2,3)4)21(27)24-13-11-17-6-5-12-23-14-17;/h7-10,15,17,23H,5-6,11-14H2,1-4H3,(H,24,27);1H. The van der Waals surface area contributed by atoms with Gasteiger partial charge >= 0.3 is 0 Å². The predicted molar refractivity (Wildman–Crippen MR) is 117 cm³/mol. The minimum atomic E-state index is -0.199. The van der Waals surface area contributed by atoms with Gasteiger partial charge in [0.1, 0.15) is 0 Å². The third kappa shape index (κ3) is 5.58. The molecule has 1 aromatic heterocycles. The van der Waals surface area contributed by atoms with E-state index in [0.717, 1.165) is 30.9 Å². The highest BCUT2D eigenvalue weighted by Gasteiger charge is 2.26. The highest BCUT2D eigenvalue weighted by Crippen LogP contribution is 2.26. The number of halogens is 1. The van der Waals surface area contributed by atoms with Gasteiger partial charge < -0.3 is 10.6 Å². The van der Waals surface area contributed by atoms with Gasteiger partial charge in [-0.3, -0.25) is 4.79 Å². The quantitative estimate of drug-likeness (QED) is 0.791. The fraction of sp³-hybridized carbons (Fsp3) is 0.545. The molecule has 5 nitrogen and oxygen atoms in total. The summed E-state index contributed by atoms with van der Waals surface area (Å²) >= 11 is 0. The van der Waals surface area contributed by atoms with Gasteiger partial charge in [-0.15, -0.1) is 12.4 Å². The fourth-order valence-corrected chi connectivity index (χ4v) is 3.58. The molecule has 2 aromatic rings. The molecule has 3 rings (SSSR count). The first-order valence-electron chi connectivity index (χ1n) is 10.0. The average molecular weight is 405 g/mol. The lowest BCUT2D eigenvalue weighted by Crippen LogP contribution is -2.33. The van der Waals surface area contributed by atoms with Gasteiger partial charge in [0, 0.05) is 18.2 Å². The number of carbonyl (C=O) groups is 1. The average Bonchev–Trinajstić information content (AvgIpc) is 3.09. The van der Waals surface area contributed by atoms with E-state index in [0.29, 0.717) is 18.0 Å². The molecule has 1 amide bonds. The van der Waals surface area contributed by atoms with E-state index in [1.807, 2.05) is 23.0 Å². The normalized spacial score (nSPS) is 17.1. The van der Waals surface area contributed by atoms with Crippen LogP contribution in [0.2, 0.25) is 0 Å². The molecule has 1 aromatic carbocycles. The number of aromatic nitrogens is 2. The molecule has 2 N–H and O–H groups in total. The van der Waals surface area contributed by atoms with Gasteiger partial charge in [0.2, 0.25) is 0 Å². The topological polar surface area (TPSA) is 59.0 Å².